The van der Waals surface area contributed by atoms with Gasteiger partial charge in [0.2, 0.25) is 5.95 Å². The molecular formula is C20H27BFN3O2. The normalized spacial score (nSPS) is 14.1. The van der Waals surface area contributed by atoms with Crippen molar-refractivity contribution in [2.24, 2.45) is 0 Å². The fourth-order valence-corrected chi connectivity index (χ4v) is 2.92. The number of aromatic nitrogens is 2. The van der Waals surface area contributed by atoms with Crippen molar-refractivity contribution in [3.63, 3.8) is 0 Å². The lowest BCUT2D eigenvalue weighted by atomic mass is 9.77. The summed E-state index contributed by atoms with van der Waals surface area (Å²) in [5, 5.41) is 3.20. The predicted octanol–water partition coefficient (Wildman–Crippen LogP) is 4.09. The van der Waals surface area contributed by atoms with Crippen molar-refractivity contribution >= 4 is 24.2 Å². The standard InChI is InChI=1S/C20H27BFN3O2/c1-12(2)26-21(27-13(3)4)16-8-14(5)9-17(10-16)24-20-23-11-18(22)19(25-20)15-6-7-15/h8-13,15H,6-7H2,1-5H3,(H,23,24,25). The predicted molar refractivity (Wildman–Crippen MR) is 106 cm³/mol. The minimum absolute atomic E-state index is 0.0344. The van der Waals surface area contributed by atoms with Gasteiger partial charge in [-0.1, -0.05) is 6.07 Å². The molecule has 5 nitrogen and oxygen atoms in total. The number of anilines is 2. The van der Waals surface area contributed by atoms with Gasteiger partial charge in [0, 0.05) is 23.8 Å². The summed E-state index contributed by atoms with van der Waals surface area (Å²) < 4.78 is 25.8. The van der Waals surface area contributed by atoms with Crippen LogP contribution in [0.3, 0.4) is 0 Å². The zero-order valence-electron chi connectivity index (χ0n) is 16.6. The molecule has 1 fully saturated rings. The van der Waals surface area contributed by atoms with Crippen molar-refractivity contribution < 1.29 is 13.7 Å². The first-order chi connectivity index (χ1) is 12.8. The zero-order valence-corrected chi connectivity index (χ0v) is 16.6. The molecule has 1 aromatic heterocycles. The van der Waals surface area contributed by atoms with Crippen LogP contribution in [0.25, 0.3) is 0 Å². The van der Waals surface area contributed by atoms with Crippen molar-refractivity contribution in [1.29, 1.82) is 0 Å². The topological polar surface area (TPSA) is 56.3 Å². The number of hydrogen-bond donors (Lipinski definition) is 1. The van der Waals surface area contributed by atoms with Gasteiger partial charge in [0.05, 0.1) is 11.9 Å². The van der Waals surface area contributed by atoms with Crippen molar-refractivity contribution in [3.8, 4) is 0 Å². The third-order valence-electron chi connectivity index (χ3n) is 4.15. The molecule has 1 N–H and O–H groups in total. The van der Waals surface area contributed by atoms with Gasteiger partial charge >= 0.3 is 7.12 Å². The van der Waals surface area contributed by atoms with Gasteiger partial charge in [0.1, 0.15) is 0 Å². The van der Waals surface area contributed by atoms with Crippen molar-refractivity contribution in [3.05, 3.63) is 41.5 Å². The maximum Gasteiger partial charge on any atom is 0.494 e. The van der Waals surface area contributed by atoms with Gasteiger partial charge < -0.3 is 14.6 Å². The third kappa shape index (κ3) is 5.50. The fourth-order valence-electron chi connectivity index (χ4n) is 2.92. The highest BCUT2D eigenvalue weighted by molar-refractivity contribution is 6.61. The van der Waals surface area contributed by atoms with Crippen LogP contribution in [0.4, 0.5) is 16.0 Å². The molecule has 1 saturated carbocycles. The third-order valence-corrected chi connectivity index (χ3v) is 4.15. The highest BCUT2D eigenvalue weighted by Gasteiger charge is 2.29. The number of hydrogen-bond acceptors (Lipinski definition) is 5. The molecule has 27 heavy (non-hydrogen) atoms. The smallest absolute Gasteiger partial charge is 0.405 e. The fraction of sp³-hybridized carbons (Fsp3) is 0.500. The highest BCUT2D eigenvalue weighted by Crippen LogP contribution is 2.40. The van der Waals surface area contributed by atoms with Crippen LogP contribution in [0.15, 0.2) is 24.4 Å². The molecule has 0 amide bonds. The lowest BCUT2D eigenvalue weighted by Crippen LogP contribution is -2.41. The molecule has 1 heterocycles. The van der Waals surface area contributed by atoms with Crippen LogP contribution in [-0.4, -0.2) is 29.3 Å². The van der Waals surface area contributed by atoms with Crippen LogP contribution in [0.1, 0.15) is 57.7 Å². The number of aryl methyl sites for hydroxylation is 1. The minimum atomic E-state index is -0.457. The molecule has 0 spiro atoms. The summed E-state index contributed by atoms with van der Waals surface area (Å²) in [6.45, 7) is 9.95. The molecule has 2 aromatic rings. The Labute approximate surface area is 160 Å². The average molecular weight is 371 g/mol. The summed E-state index contributed by atoms with van der Waals surface area (Å²) in [5.74, 6) is 0.301. The minimum Gasteiger partial charge on any atom is -0.405 e. The Morgan fingerprint density at radius 1 is 1.11 bits per heavy atom. The van der Waals surface area contributed by atoms with Gasteiger partial charge in [0.25, 0.3) is 0 Å². The summed E-state index contributed by atoms with van der Waals surface area (Å²) in [6, 6.07) is 6.00. The summed E-state index contributed by atoms with van der Waals surface area (Å²) in [6.07, 6.45) is 3.29. The Kier molecular flexibility index (Phi) is 6.12. The van der Waals surface area contributed by atoms with E-state index in [2.05, 4.69) is 15.3 Å². The Balaban J connectivity index is 1.85. The summed E-state index contributed by atoms with van der Waals surface area (Å²) in [5.41, 5.74) is 3.31. The maximum atomic E-state index is 13.9. The van der Waals surface area contributed by atoms with E-state index in [4.69, 9.17) is 9.31 Å². The van der Waals surface area contributed by atoms with E-state index < -0.39 is 7.12 Å². The Morgan fingerprint density at radius 2 is 1.78 bits per heavy atom. The van der Waals surface area contributed by atoms with E-state index in [0.29, 0.717) is 11.6 Å². The Morgan fingerprint density at radius 3 is 2.37 bits per heavy atom. The van der Waals surface area contributed by atoms with Gasteiger partial charge in [-0.05, 0) is 70.6 Å². The van der Waals surface area contributed by atoms with E-state index in [0.717, 1.165) is 29.6 Å². The van der Waals surface area contributed by atoms with Gasteiger partial charge in [-0.2, -0.15) is 0 Å². The number of benzene rings is 1. The zero-order chi connectivity index (χ0) is 19.6. The van der Waals surface area contributed by atoms with Gasteiger partial charge in [-0.25, -0.2) is 14.4 Å². The van der Waals surface area contributed by atoms with Crippen LogP contribution < -0.4 is 10.8 Å². The maximum absolute atomic E-state index is 13.9. The van der Waals surface area contributed by atoms with Crippen molar-refractivity contribution in [2.45, 2.75) is 65.6 Å². The molecule has 0 saturated heterocycles. The SMILES string of the molecule is Cc1cc(Nc2ncc(F)c(C3CC3)n2)cc(B(OC(C)C)OC(C)C)c1. The second-order valence-corrected chi connectivity index (χ2v) is 7.66. The molecule has 7 heteroatoms. The molecule has 1 aromatic carbocycles. The lowest BCUT2D eigenvalue weighted by Gasteiger charge is -2.21. The first kappa shape index (κ1) is 19.8. The van der Waals surface area contributed by atoms with Gasteiger partial charge in [-0.3, -0.25) is 0 Å². The van der Waals surface area contributed by atoms with E-state index in [1.165, 1.54) is 6.20 Å². The summed E-state index contributed by atoms with van der Waals surface area (Å²) >= 11 is 0. The molecule has 0 aliphatic heterocycles. The van der Waals surface area contributed by atoms with Crippen LogP contribution in [0.2, 0.25) is 0 Å². The first-order valence-electron chi connectivity index (χ1n) is 9.53. The summed E-state index contributed by atoms with van der Waals surface area (Å²) in [7, 11) is -0.457. The van der Waals surface area contributed by atoms with Gasteiger partial charge in [0.15, 0.2) is 5.82 Å². The second kappa shape index (κ2) is 8.36. The molecule has 3 rings (SSSR count). The molecule has 1 aliphatic rings. The number of nitrogens with zero attached hydrogens (tertiary/aromatic N) is 2. The van der Waals surface area contributed by atoms with Crippen molar-refractivity contribution in [1.82, 2.24) is 9.97 Å². The number of nitrogens with one attached hydrogen (secondary N) is 1. The van der Waals surface area contributed by atoms with Crippen molar-refractivity contribution in [2.75, 3.05) is 5.32 Å². The van der Waals surface area contributed by atoms with Crippen LogP contribution >= 0.6 is 0 Å². The first-order valence-corrected chi connectivity index (χ1v) is 9.53. The quantitative estimate of drug-likeness (QED) is 0.709. The van der Waals surface area contributed by atoms with E-state index in [9.17, 15) is 4.39 Å². The van der Waals surface area contributed by atoms with Crippen LogP contribution in [0, 0.1) is 12.7 Å². The number of rotatable bonds is 8. The number of halogens is 1. The largest absolute Gasteiger partial charge is 0.494 e. The lowest BCUT2D eigenvalue weighted by molar-refractivity contribution is 0.139. The van der Waals surface area contributed by atoms with Gasteiger partial charge in [-0.15, -0.1) is 0 Å². The second-order valence-electron chi connectivity index (χ2n) is 7.66. The van der Waals surface area contributed by atoms with E-state index in [-0.39, 0.29) is 23.9 Å². The Bertz CT molecular complexity index is 787. The summed E-state index contributed by atoms with van der Waals surface area (Å²) in [4.78, 5) is 8.46. The molecule has 0 unspecified atom stereocenters. The molecular weight excluding hydrogens is 344 g/mol. The molecule has 0 radical (unpaired) electrons. The van der Waals surface area contributed by atoms with Crippen LogP contribution in [0.5, 0.6) is 0 Å². The van der Waals surface area contributed by atoms with E-state index in [1.54, 1.807) is 0 Å². The molecule has 1 aliphatic carbocycles. The van der Waals surface area contributed by atoms with E-state index >= 15 is 0 Å². The van der Waals surface area contributed by atoms with E-state index in [1.807, 2.05) is 52.8 Å². The highest BCUT2D eigenvalue weighted by atomic mass is 19.1. The Hall–Kier alpha value is -1.99. The molecule has 0 atom stereocenters. The molecule has 144 valence electrons. The monoisotopic (exact) mass is 371 g/mol. The average Bonchev–Trinajstić information content (AvgIpc) is 3.39. The molecule has 0 bridgehead atoms. The van der Waals surface area contributed by atoms with Crippen LogP contribution in [-0.2, 0) is 9.31 Å².